The third-order valence-corrected chi connectivity index (χ3v) is 3.80. The van der Waals surface area contributed by atoms with Gasteiger partial charge in [-0.25, -0.2) is 0 Å². The summed E-state index contributed by atoms with van der Waals surface area (Å²) in [7, 11) is 0. The molecule has 2 fully saturated rings. The lowest BCUT2D eigenvalue weighted by molar-refractivity contribution is -0.137. The van der Waals surface area contributed by atoms with Gasteiger partial charge >= 0.3 is 0 Å². The normalized spacial score (nSPS) is 27.5. The first-order valence-electron chi connectivity index (χ1n) is 6.91. The second kappa shape index (κ2) is 6.36. The second-order valence-electron chi connectivity index (χ2n) is 5.09. The maximum atomic E-state index is 12.2. The van der Waals surface area contributed by atoms with Crippen LogP contribution in [0.25, 0.3) is 0 Å². The lowest BCUT2D eigenvalue weighted by atomic mass is 9.97. The van der Waals surface area contributed by atoms with Crippen LogP contribution in [0.15, 0.2) is 0 Å². The first-order chi connectivity index (χ1) is 8.31. The van der Waals surface area contributed by atoms with Crippen molar-refractivity contribution in [3.8, 4) is 0 Å². The van der Waals surface area contributed by atoms with E-state index >= 15 is 0 Å². The first-order valence-corrected chi connectivity index (χ1v) is 6.91. The van der Waals surface area contributed by atoms with Crippen LogP contribution in [-0.2, 0) is 9.53 Å². The number of ether oxygens (including phenoxy) is 1. The Morgan fingerprint density at radius 2 is 2.12 bits per heavy atom. The van der Waals surface area contributed by atoms with Crippen molar-refractivity contribution in [1.82, 2.24) is 10.2 Å². The minimum absolute atomic E-state index is 0.0635. The molecule has 0 radical (unpaired) electrons. The van der Waals surface area contributed by atoms with E-state index in [0.717, 1.165) is 58.5 Å². The van der Waals surface area contributed by atoms with Crippen molar-refractivity contribution in [2.75, 3.05) is 32.8 Å². The zero-order valence-corrected chi connectivity index (χ0v) is 10.8. The molecule has 2 rings (SSSR count). The van der Waals surface area contributed by atoms with Crippen LogP contribution >= 0.6 is 0 Å². The molecule has 98 valence electrons. The van der Waals surface area contributed by atoms with E-state index in [1.807, 2.05) is 0 Å². The van der Waals surface area contributed by atoms with Crippen molar-refractivity contribution in [3.05, 3.63) is 0 Å². The number of likely N-dealkylation sites (N-methyl/N-ethyl adjacent to an activating group) is 1. The predicted octanol–water partition coefficient (Wildman–Crippen LogP) is 1.01. The molecule has 2 heterocycles. The zero-order chi connectivity index (χ0) is 12.1. The highest BCUT2D eigenvalue weighted by atomic mass is 16.5. The van der Waals surface area contributed by atoms with Gasteiger partial charge in [0, 0.05) is 26.3 Å². The maximum Gasteiger partial charge on any atom is 0.239 e. The quantitative estimate of drug-likeness (QED) is 0.797. The van der Waals surface area contributed by atoms with Crippen LogP contribution < -0.4 is 5.32 Å². The molecule has 1 atom stereocenters. The number of hydrogen-bond acceptors (Lipinski definition) is 3. The number of carbonyl (C=O) groups excluding carboxylic acids is 1. The lowest BCUT2D eigenvalue weighted by Crippen LogP contribution is -2.52. The van der Waals surface area contributed by atoms with Crippen LogP contribution in [0, 0.1) is 5.92 Å². The van der Waals surface area contributed by atoms with Gasteiger partial charge < -0.3 is 15.0 Å². The van der Waals surface area contributed by atoms with Crippen LogP contribution in [0.2, 0.25) is 0 Å². The van der Waals surface area contributed by atoms with E-state index in [-0.39, 0.29) is 6.04 Å². The number of carbonyl (C=O) groups is 1. The Bertz CT molecular complexity index is 250. The third-order valence-electron chi connectivity index (χ3n) is 3.80. The van der Waals surface area contributed by atoms with Gasteiger partial charge in [0.1, 0.15) is 0 Å². The molecule has 0 aromatic heterocycles. The summed E-state index contributed by atoms with van der Waals surface area (Å²) in [4.78, 5) is 14.3. The highest BCUT2D eigenvalue weighted by Crippen LogP contribution is 2.19. The number of piperidine rings is 1. The molecule has 1 amide bonds. The lowest BCUT2D eigenvalue weighted by Gasteiger charge is -2.36. The summed E-state index contributed by atoms with van der Waals surface area (Å²) in [6, 6.07) is 0.0635. The Balaban J connectivity index is 1.84. The van der Waals surface area contributed by atoms with Crippen LogP contribution in [0.3, 0.4) is 0 Å². The highest BCUT2D eigenvalue weighted by molar-refractivity contribution is 5.82. The molecule has 4 nitrogen and oxygen atoms in total. The Hall–Kier alpha value is -0.610. The van der Waals surface area contributed by atoms with E-state index in [0.29, 0.717) is 11.8 Å². The van der Waals surface area contributed by atoms with Crippen molar-refractivity contribution < 1.29 is 9.53 Å². The summed E-state index contributed by atoms with van der Waals surface area (Å²) >= 11 is 0. The SMILES string of the molecule is CCNC1CCCN(CC2CCOCC2)C1=O. The molecule has 17 heavy (non-hydrogen) atoms. The van der Waals surface area contributed by atoms with Gasteiger partial charge in [0.25, 0.3) is 0 Å². The van der Waals surface area contributed by atoms with Gasteiger partial charge in [0.05, 0.1) is 6.04 Å². The Labute approximate surface area is 104 Å². The monoisotopic (exact) mass is 240 g/mol. The molecule has 0 bridgehead atoms. The molecule has 0 aromatic rings. The zero-order valence-electron chi connectivity index (χ0n) is 10.8. The largest absolute Gasteiger partial charge is 0.381 e. The number of amides is 1. The molecule has 0 aromatic carbocycles. The summed E-state index contributed by atoms with van der Waals surface area (Å²) < 4.78 is 5.36. The Morgan fingerprint density at radius 1 is 1.35 bits per heavy atom. The minimum atomic E-state index is 0.0635. The third kappa shape index (κ3) is 3.42. The molecular weight excluding hydrogens is 216 g/mol. The van der Waals surface area contributed by atoms with Crippen LogP contribution in [0.5, 0.6) is 0 Å². The van der Waals surface area contributed by atoms with Gasteiger partial charge in [-0.15, -0.1) is 0 Å². The summed E-state index contributed by atoms with van der Waals surface area (Å²) in [5.74, 6) is 0.956. The number of nitrogens with zero attached hydrogens (tertiary/aromatic N) is 1. The van der Waals surface area contributed by atoms with Crippen LogP contribution in [0.4, 0.5) is 0 Å². The highest BCUT2D eigenvalue weighted by Gasteiger charge is 2.29. The summed E-state index contributed by atoms with van der Waals surface area (Å²) in [6.45, 7) is 6.54. The summed E-state index contributed by atoms with van der Waals surface area (Å²) in [5.41, 5.74) is 0. The van der Waals surface area contributed by atoms with Gasteiger partial charge in [0.15, 0.2) is 0 Å². The van der Waals surface area contributed by atoms with Crippen molar-refractivity contribution in [2.45, 2.75) is 38.6 Å². The summed E-state index contributed by atoms with van der Waals surface area (Å²) in [6.07, 6.45) is 4.34. The molecule has 4 heteroatoms. The Morgan fingerprint density at radius 3 is 2.82 bits per heavy atom. The van der Waals surface area contributed by atoms with Gasteiger partial charge in [-0.1, -0.05) is 6.92 Å². The average Bonchev–Trinajstić information content (AvgIpc) is 2.36. The molecule has 1 N–H and O–H groups in total. The van der Waals surface area contributed by atoms with Crippen molar-refractivity contribution >= 4 is 5.91 Å². The first kappa shape index (κ1) is 12.8. The molecule has 0 saturated carbocycles. The van der Waals surface area contributed by atoms with E-state index in [1.54, 1.807) is 0 Å². The molecule has 0 aliphatic carbocycles. The van der Waals surface area contributed by atoms with Gasteiger partial charge in [-0.05, 0) is 38.1 Å². The number of nitrogens with one attached hydrogen (secondary N) is 1. The average molecular weight is 240 g/mol. The minimum Gasteiger partial charge on any atom is -0.381 e. The topological polar surface area (TPSA) is 41.6 Å². The van der Waals surface area contributed by atoms with Gasteiger partial charge in [0.2, 0.25) is 5.91 Å². The van der Waals surface area contributed by atoms with Crippen LogP contribution in [0.1, 0.15) is 32.6 Å². The van der Waals surface area contributed by atoms with Gasteiger partial charge in [-0.2, -0.15) is 0 Å². The molecule has 2 aliphatic heterocycles. The molecule has 1 unspecified atom stereocenters. The van der Waals surface area contributed by atoms with Gasteiger partial charge in [-0.3, -0.25) is 4.79 Å². The smallest absolute Gasteiger partial charge is 0.239 e. The number of hydrogen-bond donors (Lipinski definition) is 1. The molecule has 2 aliphatic rings. The van der Waals surface area contributed by atoms with E-state index < -0.39 is 0 Å². The predicted molar refractivity (Wildman–Crippen MR) is 66.8 cm³/mol. The van der Waals surface area contributed by atoms with E-state index in [2.05, 4.69) is 17.1 Å². The van der Waals surface area contributed by atoms with Crippen molar-refractivity contribution in [1.29, 1.82) is 0 Å². The molecule has 2 saturated heterocycles. The fraction of sp³-hybridized carbons (Fsp3) is 0.923. The van der Waals surface area contributed by atoms with E-state index in [4.69, 9.17) is 4.74 Å². The molecular formula is C13H24N2O2. The standard InChI is InChI=1S/C13H24N2O2/c1-2-14-12-4-3-7-15(13(12)16)10-11-5-8-17-9-6-11/h11-12,14H,2-10H2,1H3. The number of likely N-dealkylation sites (tertiary alicyclic amines) is 1. The van der Waals surface area contributed by atoms with E-state index in [9.17, 15) is 4.79 Å². The van der Waals surface area contributed by atoms with Crippen molar-refractivity contribution in [2.24, 2.45) is 5.92 Å². The second-order valence-corrected chi connectivity index (χ2v) is 5.09. The van der Waals surface area contributed by atoms with E-state index in [1.165, 1.54) is 0 Å². The Kier molecular flexibility index (Phi) is 4.80. The van der Waals surface area contributed by atoms with Crippen LogP contribution in [-0.4, -0.2) is 49.7 Å². The molecule has 0 spiro atoms. The number of rotatable bonds is 4. The fourth-order valence-electron chi connectivity index (χ4n) is 2.80. The summed E-state index contributed by atoms with van der Waals surface area (Å²) in [5, 5.41) is 3.29. The van der Waals surface area contributed by atoms with Crippen molar-refractivity contribution in [3.63, 3.8) is 0 Å². The fourth-order valence-corrected chi connectivity index (χ4v) is 2.80. The maximum absolute atomic E-state index is 12.2.